The maximum Gasteiger partial charge on any atom is 0.350 e. The number of Topliss-reactive ketones (excluding diaryl/α,β-unsaturated/α-hetero) is 1. The Bertz CT molecular complexity index is 1310. The molecule has 1 aliphatic heterocycles. The van der Waals surface area contributed by atoms with E-state index >= 15 is 0 Å². The number of carbonyl (C=O) groups excluding carboxylic acids is 3. The lowest BCUT2D eigenvalue weighted by molar-refractivity contribution is -0.132. The number of esters is 1. The Morgan fingerprint density at radius 1 is 1.03 bits per heavy atom. The van der Waals surface area contributed by atoms with Crippen LogP contribution in [-0.4, -0.2) is 42.0 Å². The van der Waals surface area contributed by atoms with E-state index in [-0.39, 0.29) is 21.3 Å². The first kappa shape index (κ1) is 23.2. The molecule has 0 bridgehead atoms. The molecule has 0 aliphatic carbocycles. The number of hydrogen-bond acceptors (Lipinski definition) is 8. The number of aliphatic hydroxyl groups is 1. The van der Waals surface area contributed by atoms with Crippen LogP contribution in [0.15, 0.2) is 54.1 Å². The zero-order valence-electron chi connectivity index (χ0n) is 19.0. The molecule has 1 saturated heterocycles. The van der Waals surface area contributed by atoms with Gasteiger partial charge in [-0.25, -0.2) is 9.78 Å². The smallest absolute Gasteiger partial charge is 0.350 e. The van der Waals surface area contributed by atoms with Gasteiger partial charge in [-0.2, -0.15) is 0 Å². The Morgan fingerprint density at radius 3 is 2.26 bits per heavy atom. The third-order valence-corrected chi connectivity index (χ3v) is 6.70. The molecule has 2 aromatic carbocycles. The average molecular weight is 479 g/mol. The summed E-state index contributed by atoms with van der Waals surface area (Å²) in [5.41, 5.74) is 2.28. The van der Waals surface area contributed by atoms with Gasteiger partial charge >= 0.3 is 11.9 Å². The van der Waals surface area contributed by atoms with Gasteiger partial charge in [-0.15, -0.1) is 0 Å². The van der Waals surface area contributed by atoms with E-state index in [4.69, 9.17) is 9.47 Å². The van der Waals surface area contributed by atoms with E-state index in [0.717, 1.165) is 16.9 Å². The van der Waals surface area contributed by atoms with E-state index in [2.05, 4.69) is 4.98 Å². The summed E-state index contributed by atoms with van der Waals surface area (Å²) in [7, 11) is 2.79. The zero-order valence-corrected chi connectivity index (χ0v) is 19.8. The van der Waals surface area contributed by atoms with E-state index < -0.39 is 23.7 Å². The molecule has 1 unspecified atom stereocenters. The highest BCUT2D eigenvalue weighted by Gasteiger charge is 2.48. The van der Waals surface area contributed by atoms with Crippen LogP contribution in [0, 0.1) is 13.8 Å². The predicted molar refractivity (Wildman–Crippen MR) is 127 cm³/mol. The minimum absolute atomic E-state index is 0.0634. The molecule has 0 radical (unpaired) electrons. The number of thiazole rings is 1. The third kappa shape index (κ3) is 3.94. The topological polar surface area (TPSA) is 106 Å². The number of hydrogen-bond donors (Lipinski definition) is 1. The number of benzene rings is 2. The van der Waals surface area contributed by atoms with Crippen molar-refractivity contribution < 1.29 is 29.0 Å². The molecule has 1 amide bonds. The second-order valence-electron chi connectivity index (χ2n) is 7.71. The quantitative estimate of drug-likeness (QED) is 0.254. The number of aromatic nitrogens is 1. The van der Waals surface area contributed by atoms with E-state index in [1.807, 2.05) is 6.92 Å². The molecule has 34 heavy (non-hydrogen) atoms. The van der Waals surface area contributed by atoms with Crippen molar-refractivity contribution in [3.63, 3.8) is 0 Å². The molecule has 0 spiro atoms. The summed E-state index contributed by atoms with van der Waals surface area (Å²) in [5.74, 6) is -1.97. The number of methoxy groups -OCH3 is 2. The zero-order chi connectivity index (χ0) is 24.6. The van der Waals surface area contributed by atoms with Crippen molar-refractivity contribution in [3.8, 4) is 5.75 Å². The molecule has 1 aliphatic rings. The monoisotopic (exact) mass is 478 g/mol. The van der Waals surface area contributed by atoms with E-state index in [1.54, 1.807) is 55.5 Å². The molecule has 1 N–H and O–H groups in total. The Kier molecular flexibility index (Phi) is 6.21. The molecular formula is C25H22N2O6S. The van der Waals surface area contributed by atoms with Gasteiger partial charge in [0.25, 0.3) is 5.78 Å². The van der Waals surface area contributed by atoms with Gasteiger partial charge in [0.2, 0.25) is 0 Å². The normalized spacial score (nSPS) is 17.2. The molecule has 9 heteroatoms. The van der Waals surface area contributed by atoms with E-state index in [1.165, 1.54) is 19.1 Å². The van der Waals surface area contributed by atoms with Gasteiger partial charge in [0.1, 0.15) is 16.4 Å². The molecule has 174 valence electrons. The van der Waals surface area contributed by atoms with Crippen molar-refractivity contribution in [3.05, 3.63) is 81.4 Å². The van der Waals surface area contributed by atoms with E-state index in [9.17, 15) is 19.5 Å². The molecular weight excluding hydrogens is 456 g/mol. The largest absolute Gasteiger partial charge is 0.507 e. The van der Waals surface area contributed by atoms with Crippen molar-refractivity contribution in [2.24, 2.45) is 0 Å². The van der Waals surface area contributed by atoms with Crippen LogP contribution in [0.1, 0.15) is 38.1 Å². The molecule has 3 aromatic rings. The fraction of sp³-hybridized carbons (Fsp3) is 0.200. The number of amides is 1. The number of ether oxygens (including phenoxy) is 2. The summed E-state index contributed by atoms with van der Waals surface area (Å²) in [4.78, 5) is 44.4. The highest BCUT2D eigenvalue weighted by Crippen LogP contribution is 2.44. The molecule has 1 fully saturated rings. The van der Waals surface area contributed by atoms with Crippen LogP contribution < -0.4 is 9.64 Å². The second-order valence-corrected chi connectivity index (χ2v) is 8.69. The van der Waals surface area contributed by atoms with Gasteiger partial charge < -0.3 is 14.6 Å². The minimum Gasteiger partial charge on any atom is -0.507 e. The molecule has 1 atom stereocenters. The fourth-order valence-electron chi connectivity index (χ4n) is 3.77. The van der Waals surface area contributed by atoms with Gasteiger partial charge in [0.05, 0.1) is 31.5 Å². The summed E-state index contributed by atoms with van der Waals surface area (Å²) in [6.07, 6.45) is 0. The summed E-state index contributed by atoms with van der Waals surface area (Å²) in [6.45, 7) is 3.53. The van der Waals surface area contributed by atoms with Gasteiger partial charge in [0.15, 0.2) is 5.13 Å². The number of aliphatic hydroxyl groups excluding tert-OH is 1. The Balaban J connectivity index is 1.92. The number of nitrogens with zero attached hydrogens (tertiary/aromatic N) is 2. The Labute approximate surface area is 200 Å². The third-order valence-electron chi connectivity index (χ3n) is 5.56. The van der Waals surface area contributed by atoms with Gasteiger partial charge in [-0.3, -0.25) is 14.5 Å². The predicted octanol–water partition coefficient (Wildman–Crippen LogP) is 4.18. The first-order valence-corrected chi connectivity index (χ1v) is 11.2. The molecule has 1 aromatic heterocycles. The maximum absolute atomic E-state index is 13.2. The first-order valence-electron chi connectivity index (χ1n) is 10.3. The standard InChI is InChI=1S/C25H22N2O6S/c1-13-5-7-16(8-6-13)20(28)18-19(15-9-11-17(32-3)12-10-15)27(23(30)21(18)29)25-26-14(2)22(34-25)24(31)33-4/h5-12,19,28H,1-4H3. The van der Waals surface area contributed by atoms with Crippen molar-refractivity contribution in [2.45, 2.75) is 19.9 Å². The van der Waals surface area contributed by atoms with Crippen molar-refractivity contribution in [1.82, 2.24) is 4.98 Å². The van der Waals surface area contributed by atoms with Crippen LogP contribution in [0.5, 0.6) is 5.75 Å². The van der Waals surface area contributed by atoms with Crippen LogP contribution in [0.4, 0.5) is 5.13 Å². The first-order chi connectivity index (χ1) is 16.3. The van der Waals surface area contributed by atoms with Crippen molar-refractivity contribution >= 4 is 39.9 Å². The van der Waals surface area contributed by atoms with Crippen LogP contribution in [-0.2, 0) is 14.3 Å². The Morgan fingerprint density at radius 2 is 1.68 bits per heavy atom. The number of rotatable bonds is 5. The lowest BCUT2D eigenvalue weighted by Gasteiger charge is -2.23. The van der Waals surface area contributed by atoms with Gasteiger partial charge in [0, 0.05) is 5.56 Å². The van der Waals surface area contributed by atoms with E-state index in [0.29, 0.717) is 22.6 Å². The lowest BCUT2D eigenvalue weighted by atomic mass is 9.95. The molecule has 2 heterocycles. The van der Waals surface area contributed by atoms with Gasteiger partial charge in [-0.1, -0.05) is 53.3 Å². The fourth-order valence-corrected chi connectivity index (χ4v) is 4.78. The van der Waals surface area contributed by atoms with Gasteiger partial charge in [-0.05, 0) is 31.5 Å². The molecule has 8 nitrogen and oxygen atoms in total. The second kappa shape index (κ2) is 9.11. The van der Waals surface area contributed by atoms with Crippen LogP contribution in [0.2, 0.25) is 0 Å². The summed E-state index contributed by atoms with van der Waals surface area (Å²) in [6, 6.07) is 12.9. The number of carbonyl (C=O) groups is 3. The highest BCUT2D eigenvalue weighted by atomic mass is 32.1. The summed E-state index contributed by atoms with van der Waals surface area (Å²) < 4.78 is 10.0. The highest BCUT2D eigenvalue weighted by molar-refractivity contribution is 7.17. The SMILES string of the molecule is COC(=O)c1sc(N2C(=O)C(=O)C(=C(O)c3ccc(C)cc3)C2c2ccc(OC)cc2)nc1C. The van der Waals surface area contributed by atoms with Crippen LogP contribution in [0.3, 0.4) is 0 Å². The molecule has 0 saturated carbocycles. The number of anilines is 1. The number of aryl methyl sites for hydroxylation is 2. The summed E-state index contributed by atoms with van der Waals surface area (Å²) in [5, 5.41) is 11.3. The van der Waals surface area contributed by atoms with Crippen LogP contribution in [0.25, 0.3) is 5.76 Å². The number of ketones is 1. The van der Waals surface area contributed by atoms with Crippen molar-refractivity contribution in [2.75, 3.05) is 19.1 Å². The molecule has 4 rings (SSSR count). The maximum atomic E-state index is 13.2. The Hall–Kier alpha value is -3.98. The van der Waals surface area contributed by atoms with Crippen molar-refractivity contribution in [1.29, 1.82) is 0 Å². The van der Waals surface area contributed by atoms with Crippen LogP contribution >= 0.6 is 11.3 Å². The lowest BCUT2D eigenvalue weighted by Crippen LogP contribution is -2.29. The summed E-state index contributed by atoms with van der Waals surface area (Å²) >= 11 is 0.951. The minimum atomic E-state index is -0.955. The average Bonchev–Trinajstić information content (AvgIpc) is 3.35.